The summed E-state index contributed by atoms with van der Waals surface area (Å²) in [7, 11) is 0. The first-order valence-electron chi connectivity index (χ1n) is 10.5. The number of hydrogen-bond acceptors (Lipinski definition) is 6. The number of aryl methyl sites for hydroxylation is 1. The average molecular weight is 432 g/mol. The largest absolute Gasteiger partial charge is 0.355 e. The van der Waals surface area contributed by atoms with Crippen molar-refractivity contribution in [2.75, 3.05) is 13.1 Å². The van der Waals surface area contributed by atoms with Crippen molar-refractivity contribution in [3.63, 3.8) is 0 Å². The number of aromatic nitrogens is 3. The van der Waals surface area contributed by atoms with Crippen LogP contribution in [0.1, 0.15) is 40.7 Å². The minimum absolute atomic E-state index is 0.0705. The van der Waals surface area contributed by atoms with Gasteiger partial charge in [-0.3, -0.25) is 4.79 Å². The molecule has 1 saturated heterocycles. The molecular weight excluding hydrogens is 411 g/mol. The molecule has 1 fully saturated rings. The molecular formula is C24H21FN4O3. The van der Waals surface area contributed by atoms with Crippen molar-refractivity contribution in [1.29, 1.82) is 0 Å². The second kappa shape index (κ2) is 8.37. The summed E-state index contributed by atoms with van der Waals surface area (Å²) >= 11 is 0. The third-order valence-electron chi connectivity index (χ3n) is 5.74. The molecule has 8 heteroatoms. The lowest BCUT2D eigenvalue weighted by Gasteiger charge is -2.29. The molecule has 0 spiro atoms. The third-order valence-corrected chi connectivity index (χ3v) is 5.74. The van der Waals surface area contributed by atoms with Gasteiger partial charge in [-0.25, -0.2) is 4.39 Å². The van der Waals surface area contributed by atoms with Crippen molar-refractivity contribution in [2.24, 2.45) is 0 Å². The molecule has 0 atom stereocenters. The molecule has 0 saturated carbocycles. The molecule has 2 aromatic heterocycles. The Morgan fingerprint density at radius 2 is 1.66 bits per heavy atom. The van der Waals surface area contributed by atoms with Gasteiger partial charge in [-0.05, 0) is 44.0 Å². The van der Waals surface area contributed by atoms with Crippen LogP contribution in [0.3, 0.4) is 0 Å². The summed E-state index contributed by atoms with van der Waals surface area (Å²) in [4.78, 5) is 19.1. The minimum Gasteiger partial charge on any atom is -0.355 e. The topological polar surface area (TPSA) is 85.3 Å². The number of nitrogens with zero attached hydrogens (tertiary/aromatic N) is 4. The highest BCUT2D eigenvalue weighted by Crippen LogP contribution is 2.29. The summed E-state index contributed by atoms with van der Waals surface area (Å²) < 4.78 is 24.0. The molecule has 0 aliphatic carbocycles. The van der Waals surface area contributed by atoms with E-state index in [4.69, 9.17) is 9.05 Å². The van der Waals surface area contributed by atoms with Gasteiger partial charge in [-0.15, -0.1) is 0 Å². The fourth-order valence-corrected chi connectivity index (χ4v) is 3.84. The predicted molar refractivity (Wildman–Crippen MR) is 114 cm³/mol. The third kappa shape index (κ3) is 4.03. The van der Waals surface area contributed by atoms with Crippen LogP contribution in [0.2, 0.25) is 0 Å². The first-order valence-corrected chi connectivity index (χ1v) is 10.5. The van der Waals surface area contributed by atoms with Gasteiger partial charge < -0.3 is 13.9 Å². The Bertz CT molecular complexity index is 1220. The maximum absolute atomic E-state index is 13.1. The van der Waals surface area contributed by atoms with Crippen LogP contribution in [0.5, 0.6) is 0 Å². The van der Waals surface area contributed by atoms with Gasteiger partial charge in [0.1, 0.15) is 5.82 Å². The van der Waals surface area contributed by atoms with Crippen LogP contribution in [0, 0.1) is 12.7 Å². The van der Waals surface area contributed by atoms with Crippen LogP contribution in [0.4, 0.5) is 4.39 Å². The van der Waals surface area contributed by atoms with Gasteiger partial charge in [0.2, 0.25) is 11.7 Å². The highest BCUT2D eigenvalue weighted by Gasteiger charge is 2.29. The van der Waals surface area contributed by atoms with E-state index in [1.165, 1.54) is 12.1 Å². The molecule has 1 aliphatic rings. The number of hydrogen-bond donors (Lipinski definition) is 0. The number of halogens is 1. The average Bonchev–Trinajstić information content (AvgIpc) is 3.50. The molecule has 0 unspecified atom stereocenters. The minimum atomic E-state index is -0.312. The molecule has 1 aliphatic heterocycles. The van der Waals surface area contributed by atoms with E-state index in [0.717, 1.165) is 11.1 Å². The number of carbonyl (C=O) groups is 1. The molecule has 3 heterocycles. The fourth-order valence-electron chi connectivity index (χ4n) is 3.84. The van der Waals surface area contributed by atoms with E-state index in [9.17, 15) is 9.18 Å². The second-order valence-electron chi connectivity index (χ2n) is 7.97. The smallest absolute Gasteiger partial charge is 0.276 e. The molecule has 1 amide bonds. The van der Waals surface area contributed by atoms with Crippen LogP contribution in [-0.4, -0.2) is 39.2 Å². The fraction of sp³-hybridized carbons (Fsp3) is 0.250. The highest BCUT2D eigenvalue weighted by atomic mass is 19.1. The predicted octanol–water partition coefficient (Wildman–Crippen LogP) is 4.86. The van der Waals surface area contributed by atoms with Gasteiger partial charge in [0.15, 0.2) is 11.5 Å². The number of likely N-dealkylation sites (tertiary alicyclic amines) is 1. The lowest BCUT2D eigenvalue weighted by molar-refractivity contribution is 0.0694. The molecule has 7 nitrogen and oxygen atoms in total. The van der Waals surface area contributed by atoms with E-state index >= 15 is 0 Å². The first-order chi connectivity index (χ1) is 15.6. The van der Waals surface area contributed by atoms with Gasteiger partial charge in [0.05, 0.1) is 0 Å². The molecule has 2 aromatic carbocycles. The zero-order chi connectivity index (χ0) is 22.1. The Balaban J connectivity index is 1.22. The zero-order valence-electron chi connectivity index (χ0n) is 17.5. The number of rotatable bonds is 4. The second-order valence-corrected chi connectivity index (χ2v) is 7.97. The number of piperidine rings is 1. The Morgan fingerprint density at radius 1 is 0.969 bits per heavy atom. The highest BCUT2D eigenvalue weighted by molar-refractivity contribution is 5.93. The van der Waals surface area contributed by atoms with Crippen LogP contribution < -0.4 is 0 Å². The van der Waals surface area contributed by atoms with Gasteiger partial charge >= 0.3 is 0 Å². The van der Waals surface area contributed by atoms with Crippen molar-refractivity contribution in [1.82, 2.24) is 20.2 Å². The van der Waals surface area contributed by atoms with Crippen molar-refractivity contribution in [3.05, 3.63) is 77.6 Å². The van der Waals surface area contributed by atoms with E-state index in [1.807, 2.05) is 31.2 Å². The Labute approximate surface area is 183 Å². The summed E-state index contributed by atoms with van der Waals surface area (Å²) in [6.45, 7) is 3.13. The Morgan fingerprint density at radius 3 is 2.38 bits per heavy atom. The van der Waals surface area contributed by atoms with Crippen LogP contribution >= 0.6 is 0 Å². The first kappa shape index (κ1) is 20.1. The molecule has 32 heavy (non-hydrogen) atoms. The van der Waals surface area contributed by atoms with E-state index in [1.54, 1.807) is 23.1 Å². The summed E-state index contributed by atoms with van der Waals surface area (Å²) in [5.74, 6) is 1.16. The summed E-state index contributed by atoms with van der Waals surface area (Å²) in [6, 6.07) is 15.5. The standard InChI is InChI=1S/C24H21FN4O3/c1-15-2-4-16(5-3-15)21-14-20(27-31-21)24(30)29-12-10-18(11-13-29)23-26-22(28-32-23)17-6-8-19(25)9-7-17/h2-9,14,18H,10-13H2,1H3. The summed E-state index contributed by atoms with van der Waals surface area (Å²) in [5.41, 5.74) is 3.03. The van der Waals surface area contributed by atoms with Gasteiger partial charge in [-0.2, -0.15) is 4.98 Å². The van der Waals surface area contributed by atoms with Crippen molar-refractivity contribution in [2.45, 2.75) is 25.7 Å². The lowest BCUT2D eigenvalue weighted by atomic mass is 9.96. The number of benzene rings is 2. The van der Waals surface area contributed by atoms with E-state index in [0.29, 0.717) is 54.7 Å². The molecule has 0 radical (unpaired) electrons. The molecule has 4 aromatic rings. The maximum Gasteiger partial charge on any atom is 0.276 e. The van der Waals surface area contributed by atoms with Gasteiger partial charge in [0.25, 0.3) is 5.91 Å². The number of carbonyl (C=O) groups excluding carboxylic acids is 1. The Hall–Kier alpha value is -3.81. The SMILES string of the molecule is Cc1ccc(-c2cc(C(=O)N3CCC(c4nc(-c5ccc(F)cc5)no4)CC3)no2)cc1. The van der Waals surface area contributed by atoms with Crippen LogP contribution in [-0.2, 0) is 0 Å². The molecule has 0 N–H and O–H groups in total. The lowest BCUT2D eigenvalue weighted by Crippen LogP contribution is -2.38. The van der Waals surface area contributed by atoms with Crippen LogP contribution in [0.15, 0.2) is 63.6 Å². The maximum atomic E-state index is 13.1. The van der Waals surface area contributed by atoms with Crippen molar-refractivity contribution in [3.8, 4) is 22.7 Å². The van der Waals surface area contributed by atoms with Gasteiger partial charge in [0, 0.05) is 36.2 Å². The van der Waals surface area contributed by atoms with Gasteiger partial charge in [-0.1, -0.05) is 40.1 Å². The van der Waals surface area contributed by atoms with Crippen molar-refractivity contribution >= 4 is 5.91 Å². The molecule has 5 rings (SSSR count). The quantitative estimate of drug-likeness (QED) is 0.458. The van der Waals surface area contributed by atoms with E-state index in [2.05, 4.69) is 15.3 Å². The molecule has 162 valence electrons. The van der Waals surface area contributed by atoms with E-state index < -0.39 is 0 Å². The zero-order valence-corrected chi connectivity index (χ0v) is 17.5. The normalized spacial score (nSPS) is 14.6. The molecule has 0 bridgehead atoms. The van der Waals surface area contributed by atoms with Crippen LogP contribution in [0.25, 0.3) is 22.7 Å². The Kier molecular flexibility index (Phi) is 5.26. The summed E-state index contributed by atoms with van der Waals surface area (Å²) in [5, 5.41) is 8.00. The van der Waals surface area contributed by atoms with E-state index in [-0.39, 0.29) is 17.6 Å². The number of amides is 1. The summed E-state index contributed by atoms with van der Waals surface area (Å²) in [6.07, 6.45) is 1.42. The monoisotopic (exact) mass is 432 g/mol. The van der Waals surface area contributed by atoms with Crippen molar-refractivity contribution < 1.29 is 18.2 Å².